The third-order valence-corrected chi connectivity index (χ3v) is 3.54. The smallest absolute Gasteiger partial charge is 0.123 e. The molecule has 0 aliphatic heterocycles. The molecular formula is C14H20FNO. The molecular weight excluding hydrogens is 217 g/mol. The Kier molecular flexibility index (Phi) is 3.50. The number of hydrogen-bond donors (Lipinski definition) is 2. The lowest BCUT2D eigenvalue weighted by Gasteiger charge is -2.33. The van der Waals surface area contributed by atoms with Gasteiger partial charge in [0.1, 0.15) is 11.4 Å². The number of aliphatic hydroxyl groups is 1. The van der Waals surface area contributed by atoms with Gasteiger partial charge in [0.15, 0.2) is 0 Å². The molecule has 2 N–H and O–H groups in total. The van der Waals surface area contributed by atoms with Crippen LogP contribution in [0.1, 0.15) is 32.3 Å². The van der Waals surface area contributed by atoms with Crippen molar-refractivity contribution in [2.24, 2.45) is 5.92 Å². The first kappa shape index (κ1) is 12.5. The largest absolute Gasteiger partial charge is 0.384 e. The molecule has 3 heteroatoms. The van der Waals surface area contributed by atoms with Gasteiger partial charge in [-0.1, -0.05) is 26.0 Å². The molecule has 1 atom stereocenters. The molecule has 0 saturated heterocycles. The van der Waals surface area contributed by atoms with Crippen molar-refractivity contribution in [3.63, 3.8) is 0 Å². The van der Waals surface area contributed by atoms with Crippen molar-refractivity contribution in [1.29, 1.82) is 0 Å². The van der Waals surface area contributed by atoms with Gasteiger partial charge >= 0.3 is 0 Å². The van der Waals surface area contributed by atoms with Crippen LogP contribution in [0.25, 0.3) is 0 Å². The molecule has 1 unspecified atom stereocenters. The maximum absolute atomic E-state index is 12.9. The summed E-state index contributed by atoms with van der Waals surface area (Å²) in [7, 11) is 0. The maximum Gasteiger partial charge on any atom is 0.123 e. The van der Waals surface area contributed by atoms with Gasteiger partial charge in [-0.15, -0.1) is 0 Å². The molecule has 0 heterocycles. The highest BCUT2D eigenvalue weighted by atomic mass is 19.1. The predicted octanol–water partition coefficient (Wildman–Crippen LogP) is 2.42. The zero-order valence-electron chi connectivity index (χ0n) is 10.4. The van der Waals surface area contributed by atoms with Crippen molar-refractivity contribution in [2.75, 3.05) is 6.54 Å². The summed E-state index contributed by atoms with van der Waals surface area (Å²) >= 11 is 0. The second-order valence-electron chi connectivity index (χ2n) is 5.24. The van der Waals surface area contributed by atoms with Gasteiger partial charge in [-0.2, -0.15) is 0 Å². The predicted molar refractivity (Wildman–Crippen MR) is 66.2 cm³/mol. The van der Waals surface area contributed by atoms with Gasteiger partial charge in [0.25, 0.3) is 0 Å². The van der Waals surface area contributed by atoms with Crippen LogP contribution in [-0.2, 0) is 5.60 Å². The molecule has 17 heavy (non-hydrogen) atoms. The van der Waals surface area contributed by atoms with Crippen molar-refractivity contribution in [3.05, 3.63) is 35.6 Å². The molecule has 0 radical (unpaired) electrons. The molecule has 1 aromatic carbocycles. The first-order valence-corrected chi connectivity index (χ1v) is 6.24. The van der Waals surface area contributed by atoms with Gasteiger partial charge < -0.3 is 10.4 Å². The van der Waals surface area contributed by atoms with Crippen LogP contribution in [-0.4, -0.2) is 17.7 Å². The second kappa shape index (κ2) is 4.75. The van der Waals surface area contributed by atoms with E-state index in [0.717, 1.165) is 5.56 Å². The summed E-state index contributed by atoms with van der Waals surface area (Å²) in [5.74, 6) is -0.186. The Morgan fingerprint density at radius 1 is 1.35 bits per heavy atom. The van der Waals surface area contributed by atoms with E-state index in [-0.39, 0.29) is 11.7 Å². The average Bonchev–Trinajstić information content (AvgIpc) is 3.10. The van der Waals surface area contributed by atoms with Gasteiger partial charge in [-0.25, -0.2) is 4.39 Å². The Balaban J connectivity index is 2.16. The molecule has 1 saturated carbocycles. The van der Waals surface area contributed by atoms with Crippen molar-refractivity contribution in [3.8, 4) is 0 Å². The average molecular weight is 237 g/mol. The third-order valence-electron chi connectivity index (χ3n) is 3.54. The standard InChI is InChI=1S/C14H20FNO/c1-10(2)14(17,9-16-13-7-8-13)11-3-5-12(15)6-4-11/h3-6,10,13,16-17H,7-9H2,1-2H3. The molecule has 0 spiro atoms. The number of hydrogen-bond acceptors (Lipinski definition) is 2. The van der Waals surface area contributed by atoms with Gasteiger partial charge in [-0.3, -0.25) is 0 Å². The van der Waals surface area contributed by atoms with Crippen LogP contribution in [0.2, 0.25) is 0 Å². The van der Waals surface area contributed by atoms with Crippen molar-refractivity contribution < 1.29 is 9.50 Å². The molecule has 0 aromatic heterocycles. The summed E-state index contributed by atoms with van der Waals surface area (Å²) in [5.41, 5.74) is -0.141. The topological polar surface area (TPSA) is 32.3 Å². The molecule has 1 aliphatic carbocycles. The quantitative estimate of drug-likeness (QED) is 0.824. The van der Waals surface area contributed by atoms with Crippen LogP contribution in [0.5, 0.6) is 0 Å². The Morgan fingerprint density at radius 3 is 2.41 bits per heavy atom. The third kappa shape index (κ3) is 2.85. The normalized spacial score (nSPS) is 19.4. The van der Waals surface area contributed by atoms with Crippen LogP contribution in [0.3, 0.4) is 0 Å². The fourth-order valence-corrected chi connectivity index (χ4v) is 1.97. The summed E-state index contributed by atoms with van der Waals surface area (Å²) in [6, 6.07) is 6.70. The molecule has 94 valence electrons. The van der Waals surface area contributed by atoms with Gasteiger partial charge in [0.2, 0.25) is 0 Å². The van der Waals surface area contributed by atoms with Crippen LogP contribution in [0.4, 0.5) is 4.39 Å². The van der Waals surface area contributed by atoms with Crippen molar-refractivity contribution >= 4 is 0 Å². The Hall–Kier alpha value is -0.930. The van der Waals surface area contributed by atoms with E-state index in [2.05, 4.69) is 5.32 Å². The number of rotatable bonds is 5. The van der Waals surface area contributed by atoms with Gasteiger partial charge in [0.05, 0.1) is 0 Å². The fourth-order valence-electron chi connectivity index (χ4n) is 1.97. The monoisotopic (exact) mass is 237 g/mol. The van der Waals surface area contributed by atoms with Crippen LogP contribution < -0.4 is 5.32 Å². The van der Waals surface area contributed by atoms with Crippen molar-refractivity contribution in [2.45, 2.75) is 38.3 Å². The zero-order chi connectivity index (χ0) is 12.5. The van der Waals surface area contributed by atoms with E-state index >= 15 is 0 Å². The zero-order valence-corrected chi connectivity index (χ0v) is 10.4. The minimum atomic E-state index is -0.920. The number of nitrogens with one attached hydrogen (secondary N) is 1. The first-order chi connectivity index (χ1) is 8.02. The Morgan fingerprint density at radius 2 is 1.94 bits per heavy atom. The van der Waals surface area contributed by atoms with E-state index < -0.39 is 5.60 Å². The Bertz CT molecular complexity index is 372. The van der Waals surface area contributed by atoms with E-state index in [0.29, 0.717) is 12.6 Å². The minimum absolute atomic E-state index is 0.0826. The molecule has 1 aliphatic rings. The lowest BCUT2D eigenvalue weighted by Crippen LogP contribution is -2.43. The molecule has 1 fully saturated rings. The summed E-state index contributed by atoms with van der Waals surface area (Å²) in [4.78, 5) is 0. The summed E-state index contributed by atoms with van der Waals surface area (Å²) in [6.45, 7) is 4.50. The van der Waals surface area contributed by atoms with Crippen LogP contribution >= 0.6 is 0 Å². The van der Waals surface area contributed by atoms with E-state index in [4.69, 9.17) is 0 Å². The van der Waals surface area contributed by atoms with Gasteiger partial charge in [0, 0.05) is 12.6 Å². The number of halogens is 1. The van der Waals surface area contributed by atoms with E-state index in [1.165, 1.54) is 25.0 Å². The molecule has 1 aromatic rings. The van der Waals surface area contributed by atoms with Crippen LogP contribution in [0, 0.1) is 11.7 Å². The SMILES string of the molecule is CC(C)C(O)(CNC1CC1)c1ccc(F)cc1. The maximum atomic E-state index is 12.9. The molecule has 0 bridgehead atoms. The Labute approximate surface area is 102 Å². The van der Waals surface area contributed by atoms with E-state index in [9.17, 15) is 9.50 Å². The lowest BCUT2D eigenvalue weighted by atomic mass is 9.83. The summed E-state index contributed by atoms with van der Waals surface area (Å²) < 4.78 is 12.9. The van der Waals surface area contributed by atoms with Crippen molar-refractivity contribution in [1.82, 2.24) is 5.32 Å². The molecule has 2 rings (SSSR count). The number of benzene rings is 1. The van der Waals surface area contributed by atoms with Gasteiger partial charge in [-0.05, 0) is 36.5 Å². The fraction of sp³-hybridized carbons (Fsp3) is 0.571. The minimum Gasteiger partial charge on any atom is -0.384 e. The highest BCUT2D eigenvalue weighted by molar-refractivity contribution is 5.24. The molecule has 0 amide bonds. The highest BCUT2D eigenvalue weighted by Gasteiger charge is 2.35. The molecule has 2 nitrogen and oxygen atoms in total. The van der Waals surface area contributed by atoms with E-state index in [1.54, 1.807) is 12.1 Å². The summed E-state index contributed by atoms with van der Waals surface area (Å²) in [5, 5.41) is 14.1. The highest BCUT2D eigenvalue weighted by Crippen LogP contribution is 2.30. The van der Waals surface area contributed by atoms with Crippen LogP contribution in [0.15, 0.2) is 24.3 Å². The first-order valence-electron chi connectivity index (χ1n) is 6.24. The van der Waals surface area contributed by atoms with E-state index in [1.807, 2.05) is 13.8 Å². The summed E-state index contributed by atoms with van der Waals surface area (Å²) in [6.07, 6.45) is 2.38. The lowest BCUT2D eigenvalue weighted by molar-refractivity contribution is -0.00959. The second-order valence-corrected chi connectivity index (χ2v) is 5.24.